The maximum Gasteiger partial charge on any atom is 0.223 e. The quantitative estimate of drug-likeness (QED) is 0.593. The van der Waals surface area contributed by atoms with Gasteiger partial charge in [-0.2, -0.15) is 0 Å². The van der Waals surface area contributed by atoms with Crippen molar-refractivity contribution < 1.29 is 9.53 Å². The van der Waals surface area contributed by atoms with Crippen molar-refractivity contribution in [3.8, 4) is 11.1 Å². The number of fused-ring (bicyclic) bond motifs is 1. The van der Waals surface area contributed by atoms with Crippen molar-refractivity contribution in [2.24, 2.45) is 5.92 Å². The number of nitrogens with zero attached hydrogens (tertiary/aromatic N) is 1. The van der Waals surface area contributed by atoms with Crippen LogP contribution in [0.2, 0.25) is 0 Å². The summed E-state index contributed by atoms with van der Waals surface area (Å²) in [5, 5.41) is 4.25. The molecule has 1 saturated heterocycles. The van der Waals surface area contributed by atoms with Crippen molar-refractivity contribution in [1.29, 1.82) is 0 Å². The lowest BCUT2D eigenvalue weighted by atomic mass is 9.95. The third-order valence-electron chi connectivity index (χ3n) is 6.40. The zero-order valence-corrected chi connectivity index (χ0v) is 19.4. The number of aromatic nitrogens is 1. The molecule has 2 aromatic carbocycles. The Labute approximate surface area is 190 Å². The molecule has 5 heteroatoms. The van der Waals surface area contributed by atoms with Crippen molar-refractivity contribution in [3.05, 3.63) is 59.7 Å². The predicted octanol–water partition coefficient (Wildman–Crippen LogP) is 5.04. The zero-order valence-electron chi connectivity index (χ0n) is 19.4. The Kier molecular flexibility index (Phi) is 6.47. The first-order valence-corrected chi connectivity index (χ1v) is 11.5. The second-order valence-electron chi connectivity index (χ2n) is 9.29. The van der Waals surface area contributed by atoms with E-state index >= 15 is 0 Å². The first-order chi connectivity index (χ1) is 15.3. The minimum absolute atomic E-state index is 0.0597. The van der Waals surface area contributed by atoms with E-state index in [1.807, 2.05) is 19.1 Å². The number of amides is 1. The molecule has 168 valence electrons. The Morgan fingerprint density at radius 2 is 1.88 bits per heavy atom. The molecule has 3 N–H and O–H groups in total. The number of carbonyl (C=O) groups is 1. The maximum atomic E-state index is 12.9. The molecule has 0 spiro atoms. The molecule has 3 aromatic rings. The van der Waals surface area contributed by atoms with E-state index in [2.05, 4.69) is 67.5 Å². The van der Waals surface area contributed by atoms with Gasteiger partial charge in [-0.25, -0.2) is 4.98 Å². The number of carbonyl (C=O) groups excluding carboxylic acids is 1. The van der Waals surface area contributed by atoms with Gasteiger partial charge in [-0.05, 0) is 80.5 Å². The number of ether oxygens (including phenoxy) is 1. The van der Waals surface area contributed by atoms with Crippen molar-refractivity contribution in [3.63, 3.8) is 0 Å². The van der Waals surface area contributed by atoms with Crippen LogP contribution in [-0.4, -0.2) is 29.1 Å². The Morgan fingerprint density at radius 3 is 2.59 bits per heavy atom. The monoisotopic (exact) mass is 431 g/mol. The molecule has 0 bridgehead atoms. The molecule has 0 radical (unpaired) electrons. The molecule has 5 nitrogen and oxygen atoms in total. The highest BCUT2D eigenvalue weighted by molar-refractivity contribution is 5.87. The number of hydrogen-bond donors (Lipinski definition) is 2. The summed E-state index contributed by atoms with van der Waals surface area (Å²) < 4.78 is 5.78. The fourth-order valence-corrected chi connectivity index (χ4v) is 4.75. The van der Waals surface area contributed by atoms with E-state index in [9.17, 15) is 4.79 Å². The predicted molar refractivity (Wildman–Crippen MR) is 130 cm³/mol. The van der Waals surface area contributed by atoms with Gasteiger partial charge in [-0.3, -0.25) is 4.79 Å². The number of nitrogen functional groups attached to an aromatic ring is 1. The van der Waals surface area contributed by atoms with Gasteiger partial charge in [0.2, 0.25) is 5.91 Å². The van der Waals surface area contributed by atoms with Gasteiger partial charge < -0.3 is 15.8 Å². The summed E-state index contributed by atoms with van der Waals surface area (Å²) in [5.41, 5.74) is 11.6. The van der Waals surface area contributed by atoms with Crippen LogP contribution in [0.25, 0.3) is 22.0 Å². The van der Waals surface area contributed by atoms with Crippen LogP contribution >= 0.6 is 0 Å². The summed E-state index contributed by atoms with van der Waals surface area (Å²) in [6, 6.07) is 16.9. The van der Waals surface area contributed by atoms with Gasteiger partial charge in [0.15, 0.2) is 0 Å². The zero-order chi connectivity index (χ0) is 22.8. The Balaban J connectivity index is 1.52. The maximum absolute atomic E-state index is 12.9. The van der Waals surface area contributed by atoms with Gasteiger partial charge in [0.1, 0.15) is 5.82 Å². The van der Waals surface area contributed by atoms with E-state index in [1.165, 1.54) is 11.1 Å². The molecule has 1 fully saturated rings. The van der Waals surface area contributed by atoms with Crippen molar-refractivity contribution in [2.45, 2.75) is 65.2 Å². The number of benzene rings is 2. The van der Waals surface area contributed by atoms with Crippen molar-refractivity contribution >= 4 is 22.6 Å². The Bertz CT molecular complexity index is 1120. The first kappa shape index (κ1) is 22.3. The highest BCUT2D eigenvalue weighted by Gasteiger charge is 2.27. The summed E-state index contributed by atoms with van der Waals surface area (Å²) in [5.74, 6) is 0.364. The lowest BCUT2D eigenvalue weighted by Crippen LogP contribution is -2.45. The SMILES string of the molecule is Cc1ccccc1-c1ccc2nc(N)c(CC(C)C(=O)NC3C[C@@H](C)O[C@@H](C)C3)cc2c1. The third-order valence-corrected chi connectivity index (χ3v) is 6.40. The Morgan fingerprint density at radius 1 is 1.16 bits per heavy atom. The summed E-state index contributed by atoms with van der Waals surface area (Å²) in [7, 11) is 0. The van der Waals surface area contributed by atoms with Crippen LogP contribution in [0, 0.1) is 12.8 Å². The fourth-order valence-electron chi connectivity index (χ4n) is 4.75. The van der Waals surface area contributed by atoms with Crippen LogP contribution in [0.15, 0.2) is 48.5 Å². The molecule has 32 heavy (non-hydrogen) atoms. The smallest absolute Gasteiger partial charge is 0.223 e. The van der Waals surface area contributed by atoms with E-state index in [1.54, 1.807) is 0 Å². The van der Waals surface area contributed by atoms with Gasteiger partial charge >= 0.3 is 0 Å². The standard InChI is InChI=1S/C27H33N3O2/c1-16-7-5-6-8-24(16)20-9-10-25-21(14-20)15-22(26(28)30-25)11-17(2)27(31)29-23-12-18(3)32-19(4)13-23/h5-10,14-15,17-19,23H,11-13H2,1-4H3,(H2,28,30)(H,29,31)/t17?,18-,19+,23?. The molecule has 4 atom stereocenters. The third kappa shape index (κ3) is 4.94. The van der Waals surface area contributed by atoms with E-state index in [4.69, 9.17) is 10.5 Å². The Hall–Kier alpha value is -2.92. The molecule has 0 saturated carbocycles. The molecule has 1 aromatic heterocycles. The second-order valence-corrected chi connectivity index (χ2v) is 9.29. The van der Waals surface area contributed by atoms with Gasteiger partial charge in [0, 0.05) is 17.3 Å². The topological polar surface area (TPSA) is 77.2 Å². The number of rotatable bonds is 5. The highest BCUT2D eigenvalue weighted by atomic mass is 16.5. The minimum Gasteiger partial charge on any atom is -0.383 e. The number of pyridine rings is 1. The van der Waals surface area contributed by atoms with Crippen LogP contribution < -0.4 is 11.1 Å². The van der Waals surface area contributed by atoms with Gasteiger partial charge in [-0.1, -0.05) is 37.3 Å². The van der Waals surface area contributed by atoms with Gasteiger partial charge in [-0.15, -0.1) is 0 Å². The molecular weight excluding hydrogens is 398 g/mol. The van der Waals surface area contributed by atoms with Crippen LogP contribution in [0.1, 0.15) is 44.7 Å². The highest BCUT2D eigenvalue weighted by Crippen LogP contribution is 2.29. The van der Waals surface area contributed by atoms with Crippen LogP contribution in [0.5, 0.6) is 0 Å². The molecule has 2 heterocycles. The fraction of sp³-hybridized carbons (Fsp3) is 0.407. The molecule has 1 aliphatic heterocycles. The normalized spacial score (nSPS) is 21.9. The largest absolute Gasteiger partial charge is 0.383 e. The lowest BCUT2D eigenvalue weighted by molar-refractivity contribution is -0.126. The molecule has 0 aliphatic carbocycles. The summed E-state index contributed by atoms with van der Waals surface area (Å²) in [6.45, 7) is 8.19. The molecule has 1 amide bonds. The van der Waals surface area contributed by atoms with Crippen molar-refractivity contribution in [1.82, 2.24) is 10.3 Å². The second kappa shape index (κ2) is 9.29. The van der Waals surface area contributed by atoms with Crippen LogP contribution in [0.3, 0.4) is 0 Å². The number of aryl methyl sites for hydroxylation is 1. The van der Waals surface area contributed by atoms with E-state index in [-0.39, 0.29) is 30.1 Å². The van der Waals surface area contributed by atoms with Crippen molar-refractivity contribution in [2.75, 3.05) is 5.73 Å². The first-order valence-electron chi connectivity index (χ1n) is 11.5. The summed E-state index contributed by atoms with van der Waals surface area (Å²) >= 11 is 0. The number of nitrogens with two attached hydrogens (primary N) is 1. The minimum atomic E-state index is -0.190. The average molecular weight is 432 g/mol. The average Bonchev–Trinajstić information content (AvgIpc) is 2.73. The molecule has 2 unspecified atom stereocenters. The summed E-state index contributed by atoms with van der Waals surface area (Å²) in [4.78, 5) is 17.5. The molecule has 1 aliphatic rings. The van der Waals surface area contributed by atoms with E-state index in [0.717, 1.165) is 34.9 Å². The number of hydrogen-bond acceptors (Lipinski definition) is 4. The van der Waals surface area contributed by atoms with Gasteiger partial charge in [0.05, 0.1) is 17.7 Å². The molecular formula is C27H33N3O2. The van der Waals surface area contributed by atoms with E-state index in [0.29, 0.717) is 12.2 Å². The summed E-state index contributed by atoms with van der Waals surface area (Å²) in [6.07, 6.45) is 2.60. The van der Waals surface area contributed by atoms with Crippen LogP contribution in [0.4, 0.5) is 5.82 Å². The lowest BCUT2D eigenvalue weighted by Gasteiger charge is -2.33. The van der Waals surface area contributed by atoms with Gasteiger partial charge in [0.25, 0.3) is 0 Å². The molecule has 4 rings (SSSR count). The number of nitrogens with one attached hydrogen (secondary N) is 1. The number of anilines is 1. The van der Waals surface area contributed by atoms with E-state index < -0.39 is 0 Å². The van der Waals surface area contributed by atoms with Crippen LogP contribution in [-0.2, 0) is 16.0 Å².